The molecule has 0 aliphatic carbocycles. The predicted octanol–water partition coefficient (Wildman–Crippen LogP) is 2.20. The fraction of sp³-hybridized carbons (Fsp3) is 0. The standard InChI is InChI=1S/C11H7F2N3O2/c12-7-2-1-6(5-8(7)13)16-10-9(11(17)18)14-3-4-15-10/h1-5H,(H,15,16)(H,17,18). The second-order valence-electron chi connectivity index (χ2n) is 3.31. The maximum atomic E-state index is 13.0. The minimum absolute atomic E-state index is 0.0454. The highest BCUT2D eigenvalue weighted by Gasteiger charge is 2.13. The largest absolute Gasteiger partial charge is 0.476 e. The molecule has 18 heavy (non-hydrogen) atoms. The highest BCUT2D eigenvalue weighted by atomic mass is 19.2. The molecule has 0 unspecified atom stereocenters. The van der Waals surface area contributed by atoms with Crippen LogP contribution in [0, 0.1) is 11.6 Å². The van der Waals surface area contributed by atoms with Gasteiger partial charge < -0.3 is 10.4 Å². The van der Waals surface area contributed by atoms with Crippen molar-refractivity contribution in [3.05, 3.63) is 47.9 Å². The van der Waals surface area contributed by atoms with E-state index in [1.807, 2.05) is 0 Å². The Labute approximate surface area is 100 Å². The minimum Gasteiger partial charge on any atom is -0.476 e. The van der Waals surface area contributed by atoms with Gasteiger partial charge in [0.25, 0.3) is 0 Å². The van der Waals surface area contributed by atoms with Crippen LogP contribution in [0.2, 0.25) is 0 Å². The monoisotopic (exact) mass is 251 g/mol. The molecule has 0 saturated carbocycles. The van der Waals surface area contributed by atoms with Gasteiger partial charge in [0.2, 0.25) is 0 Å². The van der Waals surface area contributed by atoms with E-state index in [1.54, 1.807) is 0 Å². The van der Waals surface area contributed by atoms with Gasteiger partial charge in [-0.15, -0.1) is 0 Å². The fourth-order valence-corrected chi connectivity index (χ4v) is 1.30. The second kappa shape index (κ2) is 4.74. The van der Waals surface area contributed by atoms with Gasteiger partial charge >= 0.3 is 5.97 Å². The van der Waals surface area contributed by atoms with E-state index in [2.05, 4.69) is 15.3 Å². The zero-order valence-electron chi connectivity index (χ0n) is 8.89. The normalized spacial score (nSPS) is 10.1. The highest BCUT2D eigenvalue weighted by Crippen LogP contribution is 2.19. The van der Waals surface area contributed by atoms with Crippen LogP contribution in [0.4, 0.5) is 20.3 Å². The number of hydrogen-bond donors (Lipinski definition) is 2. The number of carboxylic acids is 1. The van der Waals surface area contributed by atoms with Crippen LogP contribution in [0.15, 0.2) is 30.6 Å². The average Bonchev–Trinajstić information content (AvgIpc) is 2.34. The molecule has 0 amide bonds. The van der Waals surface area contributed by atoms with Crippen molar-refractivity contribution in [1.82, 2.24) is 9.97 Å². The number of halogens is 2. The van der Waals surface area contributed by atoms with Gasteiger partial charge in [-0.1, -0.05) is 0 Å². The number of rotatable bonds is 3. The lowest BCUT2D eigenvalue weighted by molar-refractivity contribution is 0.0691. The first-order chi connectivity index (χ1) is 8.58. The van der Waals surface area contributed by atoms with Gasteiger partial charge in [0.15, 0.2) is 23.1 Å². The molecule has 2 rings (SSSR count). The molecular weight excluding hydrogens is 244 g/mol. The van der Waals surface area contributed by atoms with Crippen LogP contribution in [-0.2, 0) is 0 Å². The van der Waals surface area contributed by atoms with Gasteiger partial charge in [-0.25, -0.2) is 23.5 Å². The van der Waals surface area contributed by atoms with E-state index in [-0.39, 0.29) is 17.2 Å². The highest BCUT2D eigenvalue weighted by molar-refractivity contribution is 5.91. The molecule has 0 radical (unpaired) electrons. The summed E-state index contributed by atoms with van der Waals surface area (Å²) in [4.78, 5) is 18.3. The first kappa shape index (κ1) is 11.9. The van der Waals surface area contributed by atoms with Gasteiger partial charge in [-0.05, 0) is 12.1 Å². The average molecular weight is 251 g/mol. The number of anilines is 2. The molecule has 1 aromatic carbocycles. The van der Waals surface area contributed by atoms with Gasteiger partial charge in [-0.2, -0.15) is 0 Å². The Kier molecular flexibility index (Phi) is 3.13. The fourth-order valence-electron chi connectivity index (χ4n) is 1.30. The molecule has 0 fully saturated rings. The zero-order valence-corrected chi connectivity index (χ0v) is 8.89. The Balaban J connectivity index is 2.34. The smallest absolute Gasteiger partial charge is 0.358 e. The topological polar surface area (TPSA) is 75.1 Å². The summed E-state index contributed by atoms with van der Waals surface area (Å²) in [5, 5.41) is 11.4. The summed E-state index contributed by atoms with van der Waals surface area (Å²) in [6.07, 6.45) is 2.51. The number of aromatic carboxylic acids is 1. The van der Waals surface area contributed by atoms with Crippen molar-refractivity contribution in [2.45, 2.75) is 0 Å². The van der Waals surface area contributed by atoms with Crippen molar-refractivity contribution in [2.75, 3.05) is 5.32 Å². The van der Waals surface area contributed by atoms with Crippen molar-refractivity contribution in [3.63, 3.8) is 0 Å². The van der Waals surface area contributed by atoms with E-state index >= 15 is 0 Å². The van der Waals surface area contributed by atoms with Gasteiger partial charge in [0, 0.05) is 24.1 Å². The van der Waals surface area contributed by atoms with Gasteiger partial charge in [0.1, 0.15) is 0 Å². The summed E-state index contributed by atoms with van der Waals surface area (Å²) < 4.78 is 25.7. The minimum atomic E-state index is -1.27. The summed E-state index contributed by atoms with van der Waals surface area (Å²) in [5.41, 5.74) is -0.126. The molecule has 0 aliphatic rings. The summed E-state index contributed by atoms with van der Waals surface area (Å²) in [7, 11) is 0. The first-order valence-electron chi connectivity index (χ1n) is 4.84. The first-order valence-corrected chi connectivity index (χ1v) is 4.84. The summed E-state index contributed by atoms with van der Waals surface area (Å²) in [5.74, 6) is -3.34. The van der Waals surface area contributed by atoms with Gasteiger partial charge in [0.05, 0.1) is 0 Å². The molecule has 2 N–H and O–H groups in total. The molecule has 0 spiro atoms. The molecule has 2 aromatic rings. The van der Waals surface area contributed by atoms with Crippen molar-refractivity contribution in [1.29, 1.82) is 0 Å². The van der Waals surface area contributed by atoms with Crippen molar-refractivity contribution >= 4 is 17.5 Å². The van der Waals surface area contributed by atoms with Crippen LogP contribution in [0.3, 0.4) is 0 Å². The zero-order chi connectivity index (χ0) is 13.1. The Morgan fingerprint density at radius 3 is 2.56 bits per heavy atom. The van der Waals surface area contributed by atoms with E-state index in [0.717, 1.165) is 12.1 Å². The van der Waals surface area contributed by atoms with Gasteiger partial charge in [-0.3, -0.25) is 0 Å². The predicted molar refractivity (Wildman–Crippen MR) is 58.6 cm³/mol. The SMILES string of the molecule is O=C(O)c1nccnc1Nc1ccc(F)c(F)c1. The Morgan fingerprint density at radius 2 is 1.89 bits per heavy atom. The molecule has 0 bridgehead atoms. The Hall–Kier alpha value is -2.57. The van der Waals surface area contributed by atoms with E-state index in [9.17, 15) is 13.6 Å². The van der Waals surface area contributed by atoms with Crippen molar-refractivity contribution in [2.24, 2.45) is 0 Å². The quantitative estimate of drug-likeness (QED) is 0.874. The second-order valence-corrected chi connectivity index (χ2v) is 3.31. The maximum Gasteiger partial charge on any atom is 0.358 e. The molecule has 1 heterocycles. The third-order valence-electron chi connectivity index (χ3n) is 2.08. The number of benzene rings is 1. The number of nitrogens with one attached hydrogen (secondary N) is 1. The lowest BCUT2D eigenvalue weighted by atomic mass is 10.3. The molecule has 1 aromatic heterocycles. The molecule has 5 nitrogen and oxygen atoms in total. The Morgan fingerprint density at radius 1 is 1.17 bits per heavy atom. The summed E-state index contributed by atoms with van der Waals surface area (Å²) in [6.45, 7) is 0. The van der Waals surface area contributed by atoms with E-state index in [0.29, 0.717) is 0 Å². The summed E-state index contributed by atoms with van der Waals surface area (Å²) >= 11 is 0. The molecule has 0 saturated heterocycles. The number of hydrogen-bond acceptors (Lipinski definition) is 4. The third-order valence-corrected chi connectivity index (χ3v) is 2.08. The van der Waals surface area contributed by atoms with Crippen LogP contribution >= 0.6 is 0 Å². The van der Waals surface area contributed by atoms with E-state index < -0.39 is 17.6 Å². The van der Waals surface area contributed by atoms with E-state index in [4.69, 9.17) is 5.11 Å². The maximum absolute atomic E-state index is 13.0. The lowest BCUT2D eigenvalue weighted by Gasteiger charge is -2.07. The number of nitrogens with zero attached hydrogens (tertiary/aromatic N) is 2. The van der Waals surface area contributed by atoms with Crippen LogP contribution in [0.25, 0.3) is 0 Å². The van der Waals surface area contributed by atoms with E-state index in [1.165, 1.54) is 18.5 Å². The lowest BCUT2D eigenvalue weighted by Crippen LogP contribution is -2.07. The van der Waals surface area contributed by atoms with Crippen LogP contribution in [0.5, 0.6) is 0 Å². The number of aromatic nitrogens is 2. The van der Waals surface area contributed by atoms with Crippen LogP contribution in [-0.4, -0.2) is 21.0 Å². The molecule has 0 aliphatic heterocycles. The summed E-state index contributed by atoms with van der Waals surface area (Å²) in [6, 6.07) is 3.09. The molecular formula is C11H7F2N3O2. The van der Waals surface area contributed by atoms with Crippen molar-refractivity contribution in [3.8, 4) is 0 Å². The molecule has 92 valence electrons. The Bertz CT molecular complexity index is 605. The molecule has 7 heteroatoms. The van der Waals surface area contributed by atoms with Crippen LogP contribution in [0.1, 0.15) is 10.5 Å². The van der Waals surface area contributed by atoms with Crippen molar-refractivity contribution < 1.29 is 18.7 Å². The number of carbonyl (C=O) groups is 1. The third kappa shape index (κ3) is 2.40. The van der Waals surface area contributed by atoms with Crippen LogP contribution < -0.4 is 5.32 Å². The molecule has 0 atom stereocenters. The number of carboxylic acid groups (broad SMARTS) is 1.